The maximum atomic E-state index is 6.19. The smallest absolute Gasteiger partial charge is 0.201 e. The number of nitrogens with zero attached hydrogens (tertiary/aromatic N) is 3. The summed E-state index contributed by atoms with van der Waals surface area (Å²) in [6.45, 7) is 12.8. The second-order valence-electron chi connectivity index (χ2n) is 9.25. The maximum Gasteiger partial charge on any atom is 0.201 e. The predicted molar refractivity (Wildman–Crippen MR) is 136 cm³/mol. The summed E-state index contributed by atoms with van der Waals surface area (Å²) in [6.07, 6.45) is 9.68. The van der Waals surface area contributed by atoms with Gasteiger partial charge in [0.25, 0.3) is 0 Å². The molecule has 0 radical (unpaired) electrons. The van der Waals surface area contributed by atoms with E-state index in [0.29, 0.717) is 0 Å². The molecule has 3 rings (SSSR count). The largest absolute Gasteiger partial charge is 0.374 e. The average Bonchev–Trinajstić information content (AvgIpc) is 3.22. The van der Waals surface area contributed by atoms with Crippen LogP contribution in [0, 0.1) is 0 Å². The zero-order valence-electron chi connectivity index (χ0n) is 19.5. The molecule has 2 heterocycles. The summed E-state index contributed by atoms with van der Waals surface area (Å²) in [6, 6.07) is 0.226. The Morgan fingerprint density at radius 1 is 1.32 bits per heavy atom. The number of rotatable bonds is 8. The molecule has 1 aliphatic carbocycles. The third-order valence-corrected chi connectivity index (χ3v) is 7.81. The lowest BCUT2D eigenvalue weighted by molar-refractivity contribution is -0.0135. The first-order chi connectivity index (χ1) is 14.8. The van der Waals surface area contributed by atoms with Gasteiger partial charge < -0.3 is 25.0 Å². The molecule has 7 nitrogen and oxygen atoms in total. The van der Waals surface area contributed by atoms with Crippen molar-refractivity contribution in [3.05, 3.63) is 23.9 Å². The lowest BCUT2D eigenvalue weighted by Crippen LogP contribution is -2.55. The van der Waals surface area contributed by atoms with E-state index >= 15 is 0 Å². The van der Waals surface area contributed by atoms with Crippen molar-refractivity contribution in [1.82, 2.24) is 15.5 Å². The lowest BCUT2D eigenvalue weighted by atomic mass is 9.99. The van der Waals surface area contributed by atoms with Crippen molar-refractivity contribution < 1.29 is 9.47 Å². The van der Waals surface area contributed by atoms with Gasteiger partial charge in [0.2, 0.25) is 5.96 Å². The summed E-state index contributed by atoms with van der Waals surface area (Å²) in [7, 11) is 1.73. The molecule has 0 aromatic rings. The highest BCUT2D eigenvalue weighted by atomic mass is 127. The van der Waals surface area contributed by atoms with E-state index in [0.717, 1.165) is 37.1 Å². The van der Waals surface area contributed by atoms with Gasteiger partial charge in [-0.15, -0.1) is 0 Å². The van der Waals surface area contributed by atoms with Gasteiger partial charge >= 0.3 is 0 Å². The Kier molecular flexibility index (Phi) is 8.95. The summed E-state index contributed by atoms with van der Waals surface area (Å²) in [5.41, 5.74) is 0.706. The minimum absolute atomic E-state index is 0.0770. The van der Waals surface area contributed by atoms with E-state index in [9.17, 15) is 0 Å². The number of hydrogen-bond acceptors (Lipinski definition) is 6. The molecule has 0 bridgehead atoms. The highest BCUT2D eigenvalue weighted by molar-refractivity contribution is 14.1. The van der Waals surface area contributed by atoms with E-state index in [-0.39, 0.29) is 27.7 Å². The minimum atomic E-state index is -0.249. The molecule has 3 aliphatic rings. The first-order valence-electron chi connectivity index (χ1n) is 11.4. The van der Waals surface area contributed by atoms with Gasteiger partial charge in [0.05, 0.1) is 9.46 Å². The lowest BCUT2D eigenvalue weighted by Gasteiger charge is -2.35. The number of guanidine groups is 1. The third kappa shape index (κ3) is 7.00. The number of likely N-dealkylation sites (tertiary alicyclic amines) is 1. The fourth-order valence-corrected chi connectivity index (χ4v) is 4.51. The van der Waals surface area contributed by atoms with Crippen molar-refractivity contribution in [3.8, 4) is 0 Å². The zero-order valence-corrected chi connectivity index (χ0v) is 21.7. The van der Waals surface area contributed by atoms with Crippen LogP contribution in [0.25, 0.3) is 0 Å². The molecule has 174 valence electrons. The van der Waals surface area contributed by atoms with E-state index in [4.69, 9.17) is 19.5 Å². The number of methoxy groups -OCH3 is 1. The van der Waals surface area contributed by atoms with Crippen molar-refractivity contribution in [1.29, 1.82) is 0 Å². The van der Waals surface area contributed by atoms with Crippen LogP contribution >= 0.6 is 22.6 Å². The standard InChI is InChI=1S/C23H38IN5O2/c1-16(2)25-21-20(24)23(3,4)28-22(27-21)26-17-9-10-18(30-5)19(15-17)31-14-8-13-29-11-6-7-12-29/h9-10,15-16,18-20H,6-8,11-14H2,1-5H3,(H2,25,26,27,28). The van der Waals surface area contributed by atoms with Gasteiger partial charge in [-0.25, -0.2) is 4.99 Å². The number of halogens is 1. The number of aliphatic imine (C=N–C) groups is 2. The SMILES string of the molecule is COC1C=CC(NC2=NC(C)(C)C(I)C(=NC(C)C)N2)=CC1OCCCN1CCCC1. The molecule has 1 saturated heterocycles. The molecule has 0 aromatic carbocycles. The molecule has 0 saturated carbocycles. The van der Waals surface area contributed by atoms with E-state index in [1.807, 2.05) is 12.2 Å². The van der Waals surface area contributed by atoms with Crippen molar-refractivity contribution in [2.75, 3.05) is 33.4 Å². The number of alkyl halides is 1. The highest BCUT2D eigenvalue weighted by Crippen LogP contribution is 2.27. The van der Waals surface area contributed by atoms with Crippen LogP contribution in [-0.4, -0.2) is 77.8 Å². The topological polar surface area (TPSA) is 70.5 Å². The van der Waals surface area contributed by atoms with Crippen LogP contribution in [0.4, 0.5) is 0 Å². The quantitative estimate of drug-likeness (QED) is 0.280. The molecule has 0 spiro atoms. The third-order valence-electron chi connectivity index (χ3n) is 5.70. The normalized spacial score (nSPS) is 29.8. The molecular formula is C23H38IN5O2. The number of nitrogens with one attached hydrogen (secondary N) is 2. The molecule has 8 heteroatoms. The molecule has 2 N–H and O–H groups in total. The van der Waals surface area contributed by atoms with Crippen LogP contribution in [0.2, 0.25) is 0 Å². The summed E-state index contributed by atoms with van der Waals surface area (Å²) >= 11 is 2.42. The van der Waals surface area contributed by atoms with Crippen LogP contribution in [0.1, 0.15) is 47.0 Å². The first kappa shape index (κ1) is 24.7. The van der Waals surface area contributed by atoms with Gasteiger partial charge in [-0.1, -0.05) is 28.7 Å². The van der Waals surface area contributed by atoms with E-state index in [1.54, 1.807) is 7.11 Å². The monoisotopic (exact) mass is 543 g/mol. The van der Waals surface area contributed by atoms with Gasteiger partial charge in [-0.2, -0.15) is 0 Å². The Balaban J connectivity index is 1.62. The van der Waals surface area contributed by atoms with E-state index < -0.39 is 0 Å². The summed E-state index contributed by atoms with van der Waals surface area (Å²) in [5.74, 6) is 1.68. The van der Waals surface area contributed by atoms with Crippen LogP contribution < -0.4 is 10.6 Å². The van der Waals surface area contributed by atoms with Gasteiger partial charge in [-0.3, -0.25) is 4.99 Å². The van der Waals surface area contributed by atoms with Crippen molar-refractivity contribution >= 4 is 34.4 Å². The Morgan fingerprint density at radius 3 is 2.74 bits per heavy atom. The van der Waals surface area contributed by atoms with Gasteiger partial charge in [0.1, 0.15) is 18.0 Å². The zero-order chi connectivity index (χ0) is 22.4. The number of amidine groups is 1. The Hall–Kier alpha value is -0.970. The van der Waals surface area contributed by atoms with Crippen LogP contribution in [-0.2, 0) is 9.47 Å². The molecular weight excluding hydrogens is 505 g/mol. The molecule has 0 aromatic heterocycles. The second-order valence-corrected chi connectivity index (χ2v) is 10.5. The van der Waals surface area contributed by atoms with Crippen molar-refractivity contribution in [2.24, 2.45) is 9.98 Å². The average molecular weight is 543 g/mol. The molecule has 31 heavy (non-hydrogen) atoms. The highest BCUT2D eigenvalue weighted by Gasteiger charge is 2.36. The van der Waals surface area contributed by atoms with Crippen molar-refractivity contribution in [2.45, 2.75) is 74.7 Å². The molecule has 3 atom stereocenters. The molecule has 1 fully saturated rings. The summed E-state index contributed by atoms with van der Waals surface area (Å²) in [4.78, 5) is 12.2. The van der Waals surface area contributed by atoms with Gasteiger partial charge in [0, 0.05) is 32.0 Å². The van der Waals surface area contributed by atoms with Gasteiger partial charge in [0.15, 0.2) is 0 Å². The summed E-state index contributed by atoms with van der Waals surface area (Å²) < 4.78 is 12.0. The van der Waals surface area contributed by atoms with Crippen LogP contribution in [0.15, 0.2) is 33.9 Å². The number of allylic oxidation sites excluding steroid dienone is 1. The fraction of sp³-hybridized carbons (Fsp3) is 0.739. The number of ether oxygens (including phenoxy) is 2. The van der Waals surface area contributed by atoms with Gasteiger partial charge in [-0.05, 0) is 72.2 Å². The van der Waals surface area contributed by atoms with Crippen LogP contribution in [0.5, 0.6) is 0 Å². The van der Waals surface area contributed by atoms with E-state index in [1.165, 1.54) is 25.9 Å². The first-order valence-corrected chi connectivity index (χ1v) is 12.7. The Bertz CT molecular complexity index is 725. The van der Waals surface area contributed by atoms with E-state index in [2.05, 4.69) is 71.9 Å². The van der Waals surface area contributed by atoms with Crippen LogP contribution in [0.3, 0.4) is 0 Å². The molecule has 2 aliphatic heterocycles. The predicted octanol–water partition coefficient (Wildman–Crippen LogP) is 3.26. The maximum absolute atomic E-state index is 6.19. The molecule has 0 amide bonds. The summed E-state index contributed by atoms with van der Waals surface area (Å²) in [5, 5.41) is 6.82. The second kappa shape index (κ2) is 11.2. The minimum Gasteiger partial charge on any atom is -0.374 e. The number of hydrogen-bond donors (Lipinski definition) is 2. The fourth-order valence-electron chi connectivity index (χ4n) is 4.05. The Labute approximate surface area is 201 Å². The molecule has 3 unspecified atom stereocenters. The Morgan fingerprint density at radius 2 is 2.06 bits per heavy atom. The van der Waals surface area contributed by atoms with Crippen molar-refractivity contribution in [3.63, 3.8) is 0 Å².